The zero-order valence-corrected chi connectivity index (χ0v) is 17.3. The van der Waals surface area contributed by atoms with Gasteiger partial charge in [0.25, 0.3) is 11.6 Å². The Kier molecular flexibility index (Phi) is 6.68. The number of nitrogens with one attached hydrogen (secondary N) is 2. The van der Waals surface area contributed by atoms with Crippen molar-refractivity contribution < 1.29 is 14.5 Å². The van der Waals surface area contributed by atoms with Crippen LogP contribution in [0.3, 0.4) is 0 Å². The van der Waals surface area contributed by atoms with Crippen LogP contribution in [0.1, 0.15) is 35.8 Å². The molecule has 8 heteroatoms. The van der Waals surface area contributed by atoms with Gasteiger partial charge < -0.3 is 15.0 Å². The number of nitro groups is 1. The second-order valence-electron chi connectivity index (χ2n) is 6.91. The highest BCUT2D eigenvalue weighted by molar-refractivity contribution is 6.07. The van der Waals surface area contributed by atoms with Gasteiger partial charge in [-0.15, -0.1) is 0 Å². The number of nitrogens with zero attached hydrogens (tertiary/aromatic N) is 2. The maximum absolute atomic E-state index is 12.9. The lowest BCUT2D eigenvalue weighted by atomic mass is 10.0. The molecule has 3 aromatic rings. The number of aromatic nitrogens is 1. The predicted octanol–water partition coefficient (Wildman–Crippen LogP) is 3.90. The molecule has 158 valence electrons. The van der Waals surface area contributed by atoms with Gasteiger partial charge >= 0.3 is 0 Å². The van der Waals surface area contributed by atoms with Crippen molar-refractivity contribution in [2.24, 2.45) is 0 Å². The van der Waals surface area contributed by atoms with Crippen LogP contribution < -0.4 is 10.1 Å². The molecule has 1 aromatic heterocycles. The van der Waals surface area contributed by atoms with E-state index in [1.54, 1.807) is 19.4 Å². The van der Waals surface area contributed by atoms with Gasteiger partial charge in [-0.1, -0.05) is 26.0 Å². The number of amides is 1. The molecule has 1 unspecified atom stereocenters. The Morgan fingerprint density at radius 3 is 2.67 bits per heavy atom. The summed E-state index contributed by atoms with van der Waals surface area (Å²) in [7, 11) is 1.63. The second kappa shape index (κ2) is 9.41. The van der Waals surface area contributed by atoms with E-state index in [-0.39, 0.29) is 17.6 Å². The Balaban J connectivity index is 1.84. The van der Waals surface area contributed by atoms with Crippen molar-refractivity contribution in [3.63, 3.8) is 0 Å². The van der Waals surface area contributed by atoms with Crippen molar-refractivity contribution in [1.29, 1.82) is 0 Å². The van der Waals surface area contributed by atoms with E-state index >= 15 is 0 Å². The summed E-state index contributed by atoms with van der Waals surface area (Å²) in [5.74, 6) is 0.488. The lowest BCUT2D eigenvalue weighted by molar-refractivity contribution is -0.384. The number of rotatable bonds is 9. The van der Waals surface area contributed by atoms with Gasteiger partial charge in [-0.25, -0.2) is 0 Å². The summed E-state index contributed by atoms with van der Waals surface area (Å²) in [6.07, 6.45) is 1.59. The summed E-state index contributed by atoms with van der Waals surface area (Å²) in [6, 6.07) is 12.2. The molecule has 0 aliphatic heterocycles. The van der Waals surface area contributed by atoms with Crippen molar-refractivity contribution >= 4 is 22.5 Å². The van der Waals surface area contributed by atoms with E-state index in [0.29, 0.717) is 23.0 Å². The number of fused-ring (bicyclic) bond motifs is 1. The first-order valence-corrected chi connectivity index (χ1v) is 9.90. The van der Waals surface area contributed by atoms with Crippen LogP contribution >= 0.6 is 0 Å². The summed E-state index contributed by atoms with van der Waals surface area (Å²) in [6.45, 7) is 6.21. The molecule has 0 aliphatic rings. The van der Waals surface area contributed by atoms with Crippen LogP contribution in [-0.2, 0) is 0 Å². The molecule has 0 saturated carbocycles. The minimum Gasteiger partial charge on any atom is -0.497 e. The van der Waals surface area contributed by atoms with Gasteiger partial charge in [0.05, 0.1) is 23.6 Å². The number of non-ortho nitro benzene ring substituents is 1. The monoisotopic (exact) mass is 410 g/mol. The average molecular weight is 410 g/mol. The SMILES string of the molecule is CCN(CC)C(CNC(=O)c1c[nH]c2ccc([N+](=O)[O-])cc12)c1cccc(OC)c1. The molecule has 1 amide bonds. The van der Waals surface area contributed by atoms with Gasteiger partial charge in [-0.05, 0) is 36.9 Å². The zero-order valence-electron chi connectivity index (χ0n) is 17.3. The maximum atomic E-state index is 12.9. The smallest absolute Gasteiger partial charge is 0.270 e. The third kappa shape index (κ3) is 4.44. The predicted molar refractivity (Wildman–Crippen MR) is 116 cm³/mol. The van der Waals surface area contributed by atoms with Gasteiger partial charge in [0, 0.05) is 35.8 Å². The molecular weight excluding hydrogens is 384 g/mol. The highest BCUT2D eigenvalue weighted by Crippen LogP contribution is 2.26. The van der Waals surface area contributed by atoms with E-state index in [4.69, 9.17) is 4.74 Å². The summed E-state index contributed by atoms with van der Waals surface area (Å²) in [4.78, 5) is 28.8. The van der Waals surface area contributed by atoms with E-state index in [0.717, 1.165) is 24.4 Å². The Hall–Kier alpha value is -3.39. The fourth-order valence-corrected chi connectivity index (χ4v) is 3.67. The molecule has 1 heterocycles. The van der Waals surface area contributed by atoms with Crippen molar-refractivity contribution in [1.82, 2.24) is 15.2 Å². The van der Waals surface area contributed by atoms with Crippen LogP contribution in [0.15, 0.2) is 48.7 Å². The first kappa shape index (κ1) is 21.3. The molecule has 30 heavy (non-hydrogen) atoms. The third-order valence-corrected chi connectivity index (χ3v) is 5.31. The number of benzene rings is 2. The Morgan fingerprint density at radius 1 is 1.23 bits per heavy atom. The average Bonchev–Trinajstić information content (AvgIpc) is 3.19. The van der Waals surface area contributed by atoms with Gasteiger partial charge in [0.15, 0.2) is 0 Å². The molecule has 8 nitrogen and oxygen atoms in total. The Bertz CT molecular complexity index is 1040. The summed E-state index contributed by atoms with van der Waals surface area (Å²) >= 11 is 0. The lowest BCUT2D eigenvalue weighted by Gasteiger charge is -2.30. The van der Waals surface area contributed by atoms with Crippen LogP contribution in [0.4, 0.5) is 5.69 Å². The molecular formula is C22H26N4O4. The molecule has 0 fully saturated rings. The fourth-order valence-electron chi connectivity index (χ4n) is 3.67. The summed E-state index contributed by atoms with van der Waals surface area (Å²) < 4.78 is 5.35. The molecule has 0 aliphatic carbocycles. The lowest BCUT2D eigenvalue weighted by Crippen LogP contribution is -2.38. The second-order valence-corrected chi connectivity index (χ2v) is 6.91. The zero-order chi connectivity index (χ0) is 21.7. The molecule has 2 aromatic carbocycles. The number of H-pyrrole nitrogens is 1. The van der Waals surface area contributed by atoms with Crippen LogP contribution in [0.2, 0.25) is 0 Å². The number of nitro benzene ring substituents is 1. The van der Waals surface area contributed by atoms with Crippen molar-refractivity contribution in [2.45, 2.75) is 19.9 Å². The largest absolute Gasteiger partial charge is 0.497 e. The third-order valence-electron chi connectivity index (χ3n) is 5.31. The Labute approximate surface area is 175 Å². The van der Waals surface area contributed by atoms with Gasteiger partial charge in [-0.2, -0.15) is 0 Å². The minimum absolute atomic E-state index is 0.0291. The maximum Gasteiger partial charge on any atom is 0.270 e. The number of aromatic amines is 1. The number of hydrogen-bond acceptors (Lipinski definition) is 5. The fraction of sp³-hybridized carbons (Fsp3) is 0.318. The highest BCUT2D eigenvalue weighted by atomic mass is 16.6. The Morgan fingerprint density at radius 2 is 2.00 bits per heavy atom. The quantitative estimate of drug-likeness (QED) is 0.412. The number of hydrogen-bond donors (Lipinski definition) is 2. The van der Waals surface area contributed by atoms with E-state index in [9.17, 15) is 14.9 Å². The summed E-state index contributed by atoms with van der Waals surface area (Å²) in [5, 5.41) is 14.6. The number of carbonyl (C=O) groups is 1. The van der Waals surface area contributed by atoms with E-state index < -0.39 is 4.92 Å². The summed E-state index contributed by atoms with van der Waals surface area (Å²) in [5.41, 5.74) is 2.07. The van der Waals surface area contributed by atoms with Crippen molar-refractivity contribution in [3.8, 4) is 5.75 Å². The van der Waals surface area contributed by atoms with E-state index in [2.05, 4.69) is 29.0 Å². The first-order chi connectivity index (χ1) is 14.5. The number of likely N-dealkylation sites (N-methyl/N-ethyl adjacent to an activating group) is 1. The molecule has 0 bridgehead atoms. The normalized spacial score (nSPS) is 12.1. The molecule has 0 radical (unpaired) electrons. The van der Waals surface area contributed by atoms with Crippen LogP contribution in [0.5, 0.6) is 5.75 Å². The minimum atomic E-state index is -0.465. The van der Waals surface area contributed by atoms with Gasteiger partial charge in [0.1, 0.15) is 5.75 Å². The van der Waals surface area contributed by atoms with Gasteiger partial charge in [0.2, 0.25) is 0 Å². The van der Waals surface area contributed by atoms with Crippen LogP contribution in [0.25, 0.3) is 10.9 Å². The standard InChI is InChI=1S/C22H26N4O4/c1-4-25(5-2)21(15-7-6-8-17(11-15)30-3)14-24-22(27)19-13-23-20-10-9-16(26(28)29)12-18(19)20/h6-13,21,23H,4-5,14H2,1-3H3,(H,24,27). The molecule has 0 saturated heterocycles. The van der Waals surface area contributed by atoms with Crippen molar-refractivity contribution in [3.05, 3.63) is 69.9 Å². The first-order valence-electron chi connectivity index (χ1n) is 9.90. The molecule has 0 spiro atoms. The number of carbonyl (C=O) groups excluding carboxylic acids is 1. The topological polar surface area (TPSA) is 101 Å². The van der Waals surface area contributed by atoms with E-state index in [1.165, 1.54) is 12.1 Å². The number of methoxy groups -OCH3 is 1. The van der Waals surface area contributed by atoms with E-state index in [1.807, 2.05) is 24.3 Å². The van der Waals surface area contributed by atoms with Crippen molar-refractivity contribution in [2.75, 3.05) is 26.7 Å². The molecule has 3 rings (SSSR count). The number of ether oxygens (including phenoxy) is 1. The van der Waals surface area contributed by atoms with Crippen LogP contribution in [0, 0.1) is 10.1 Å². The van der Waals surface area contributed by atoms with Gasteiger partial charge in [-0.3, -0.25) is 19.8 Å². The highest BCUT2D eigenvalue weighted by Gasteiger charge is 2.21. The molecule has 2 N–H and O–H groups in total. The molecule has 1 atom stereocenters. The van der Waals surface area contributed by atoms with Crippen LogP contribution in [-0.4, -0.2) is 47.5 Å².